The topological polar surface area (TPSA) is 104 Å². The van der Waals surface area contributed by atoms with Crippen molar-refractivity contribution in [1.82, 2.24) is 14.9 Å². The molecule has 1 aliphatic carbocycles. The van der Waals surface area contributed by atoms with Gasteiger partial charge in [0.05, 0.1) is 17.6 Å². The Morgan fingerprint density at radius 2 is 1.97 bits per heavy atom. The van der Waals surface area contributed by atoms with E-state index in [0.717, 1.165) is 54.8 Å². The number of carbonyl (C=O) groups excluding carboxylic acids is 1. The van der Waals surface area contributed by atoms with Gasteiger partial charge in [-0.25, -0.2) is 9.97 Å². The normalized spacial score (nSPS) is 17.5. The van der Waals surface area contributed by atoms with Crippen LogP contribution < -0.4 is 11.1 Å². The van der Waals surface area contributed by atoms with E-state index in [2.05, 4.69) is 15.2 Å². The van der Waals surface area contributed by atoms with Crippen molar-refractivity contribution in [3.63, 3.8) is 0 Å². The summed E-state index contributed by atoms with van der Waals surface area (Å²) in [7, 11) is 0. The van der Waals surface area contributed by atoms with Gasteiger partial charge in [0.2, 0.25) is 5.91 Å². The van der Waals surface area contributed by atoms with Gasteiger partial charge in [-0.2, -0.15) is 0 Å². The number of likely N-dealkylation sites (tertiary alicyclic amines) is 1. The van der Waals surface area contributed by atoms with E-state index in [0.29, 0.717) is 18.1 Å². The first-order chi connectivity index (χ1) is 15.1. The molecule has 31 heavy (non-hydrogen) atoms. The zero-order valence-corrected chi connectivity index (χ0v) is 18.2. The van der Waals surface area contributed by atoms with Crippen molar-refractivity contribution in [3.8, 4) is 5.75 Å². The second-order valence-electron chi connectivity index (χ2n) is 8.47. The van der Waals surface area contributed by atoms with Crippen LogP contribution in [0.1, 0.15) is 41.9 Å². The second-order valence-corrected chi connectivity index (χ2v) is 9.56. The van der Waals surface area contributed by atoms with Gasteiger partial charge < -0.3 is 16.2 Å². The molecular weight excluding hydrogens is 410 g/mol. The maximum Gasteiger partial charge on any atom is 0.227 e. The number of carbonyl (C=O) groups is 1. The number of hydrogen-bond donors (Lipinski definition) is 3. The number of nitrogens with two attached hydrogens (primary N) is 1. The summed E-state index contributed by atoms with van der Waals surface area (Å²) in [6.07, 6.45) is 6.20. The first-order valence-electron chi connectivity index (χ1n) is 11.0. The largest absolute Gasteiger partial charge is 0.506 e. The maximum atomic E-state index is 12.6. The molecule has 1 fully saturated rings. The van der Waals surface area contributed by atoms with E-state index < -0.39 is 0 Å². The Hall–Kier alpha value is -2.71. The quantitative estimate of drug-likeness (QED) is 0.538. The van der Waals surface area contributed by atoms with E-state index in [1.807, 2.05) is 0 Å². The van der Waals surface area contributed by atoms with Crippen LogP contribution in [0.5, 0.6) is 5.75 Å². The minimum atomic E-state index is -0.0617. The molecule has 0 saturated carbocycles. The number of fused-ring (bicyclic) bond motifs is 3. The summed E-state index contributed by atoms with van der Waals surface area (Å²) in [4.78, 5) is 26.8. The average Bonchev–Trinajstić information content (AvgIpc) is 3.14. The Morgan fingerprint density at radius 1 is 1.19 bits per heavy atom. The van der Waals surface area contributed by atoms with E-state index >= 15 is 0 Å². The molecule has 1 aromatic carbocycles. The van der Waals surface area contributed by atoms with Crippen LogP contribution in [0.2, 0.25) is 0 Å². The summed E-state index contributed by atoms with van der Waals surface area (Å²) in [6.45, 7) is 2.26. The lowest BCUT2D eigenvalue weighted by Gasteiger charge is -2.30. The van der Waals surface area contributed by atoms with Crippen LogP contribution in [-0.2, 0) is 24.2 Å². The van der Waals surface area contributed by atoms with Crippen LogP contribution in [0.4, 0.5) is 11.5 Å². The number of nitrogens with one attached hydrogen (secondary N) is 1. The zero-order valence-electron chi connectivity index (χ0n) is 17.4. The molecule has 1 saturated heterocycles. The van der Waals surface area contributed by atoms with Gasteiger partial charge in [0, 0.05) is 10.8 Å². The Bertz CT molecular complexity index is 1120. The molecule has 162 valence electrons. The van der Waals surface area contributed by atoms with Crippen molar-refractivity contribution in [2.75, 3.05) is 24.1 Å². The summed E-state index contributed by atoms with van der Waals surface area (Å²) in [5.41, 5.74) is 8.17. The van der Waals surface area contributed by atoms with Crippen molar-refractivity contribution < 1.29 is 9.90 Å². The Kier molecular flexibility index (Phi) is 5.50. The number of anilines is 2. The third-order valence-corrected chi connectivity index (χ3v) is 7.56. The molecule has 2 aromatic heterocycles. The fourth-order valence-electron chi connectivity index (χ4n) is 4.67. The lowest BCUT2D eigenvalue weighted by atomic mass is 9.95. The number of phenols is 1. The van der Waals surface area contributed by atoms with E-state index in [1.54, 1.807) is 35.6 Å². The molecule has 0 spiro atoms. The number of nitrogens with zero attached hydrogens (tertiary/aromatic N) is 3. The fourth-order valence-corrected chi connectivity index (χ4v) is 5.96. The molecule has 0 bridgehead atoms. The first kappa shape index (κ1) is 20.2. The molecule has 1 aliphatic heterocycles. The van der Waals surface area contributed by atoms with E-state index in [1.165, 1.54) is 23.3 Å². The molecule has 0 unspecified atom stereocenters. The number of piperidine rings is 1. The summed E-state index contributed by atoms with van der Waals surface area (Å²) >= 11 is 1.77. The number of hydrogen-bond acceptors (Lipinski definition) is 7. The van der Waals surface area contributed by atoms with Crippen LogP contribution in [0.15, 0.2) is 24.3 Å². The molecular formula is C23H27N5O2S. The van der Waals surface area contributed by atoms with Crippen molar-refractivity contribution >= 4 is 39.0 Å². The minimum absolute atomic E-state index is 0.0350. The van der Waals surface area contributed by atoms with Crippen LogP contribution in [-0.4, -0.2) is 39.0 Å². The number of phenolic OH excluding ortho intramolecular Hbond substituents is 1. The SMILES string of the molecule is Nc1nc(CN2CCC(C(=O)Nc3ccccc3O)CC2)nc2sc3c(c12)CCCC3. The molecule has 0 atom stereocenters. The van der Waals surface area contributed by atoms with Crippen molar-refractivity contribution in [2.45, 2.75) is 45.1 Å². The van der Waals surface area contributed by atoms with Crippen molar-refractivity contribution in [1.29, 1.82) is 0 Å². The number of benzene rings is 1. The van der Waals surface area contributed by atoms with E-state index in [4.69, 9.17) is 10.7 Å². The van der Waals surface area contributed by atoms with Crippen LogP contribution in [0, 0.1) is 5.92 Å². The van der Waals surface area contributed by atoms with Gasteiger partial charge in [0.25, 0.3) is 0 Å². The maximum absolute atomic E-state index is 12.6. The van der Waals surface area contributed by atoms with Gasteiger partial charge in [-0.05, 0) is 69.3 Å². The molecule has 1 amide bonds. The highest BCUT2D eigenvalue weighted by atomic mass is 32.1. The van der Waals surface area contributed by atoms with Gasteiger partial charge in [0.15, 0.2) is 0 Å². The number of rotatable bonds is 4. The molecule has 4 N–H and O–H groups in total. The third kappa shape index (κ3) is 4.09. The average molecular weight is 438 g/mol. The van der Waals surface area contributed by atoms with Crippen molar-refractivity contribution in [3.05, 3.63) is 40.5 Å². The number of aromatic hydroxyl groups is 1. The number of nitrogen functional groups attached to an aromatic ring is 1. The zero-order chi connectivity index (χ0) is 21.4. The van der Waals surface area contributed by atoms with Crippen LogP contribution in [0.25, 0.3) is 10.2 Å². The number of amides is 1. The molecule has 0 radical (unpaired) electrons. The number of para-hydroxylation sites is 2. The Balaban J connectivity index is 1.22. The van der Waals surface area contributed by atoms with Gasteiger partial charge in [-0.3, -0.25) is 9.69 Å². The standard InChI is InChI=1S/C23H27N5O2S/c24-21-20-15-5-1-4-8-18(15)31-23(20)27-19(26-21)13-28-11-9-14(10-12-28)22(30)25-16-6-2-3-7-17(16)29/h2-3,6-7,14,29H,1,4-5,8-13H2,(H,25,30)(H2,24,26,27). The predicted molar refractivity (Wildman–Crippen MR) is 123 cm³/mol. The minimum Gasteiger partial charge on any atom is -0.506 e. The number of aryl methyl sites for hydroxylation is 2. The summed E-state index contributed by atoms with van der Waals surface area (Å²) in [6, 6.07) is 6.82. The molecule has 8 heteroatoms. The lowest BCUT2D eigenvalue weighted by molar-refractivity contribution is -0.121. The van der Waals surface area contributed by atoms with E-state index in [9.17, 15) is 9.90 Å². The van der Waals surface area contributed by atoms with E-state index in [-0.39, 0.29) is 17.6 Å². The molecule has 5 rings (SSSR count). The summed E-state index contributed by atoms with van der Waals surface area (Å²) < 4.78 is 0. The second kappa shape index (κ2) is 8.43. The highest BCUT2D eigenvalue weighted by Crippen LogP contribution is 2.37. The number of thiophene rings is 1. The fraction of sp³-hybridized carbons (Fsp3) is 0.435. The summed E-state index contributed by atoms with van der Waals surface area (Å²) in [5, 5.41) is 13.8. The Morgan fingerprint density at radius 3 is 2.77 bits per heavy atom. The summed E-state index contributed by atoms with van der Waals surface area (Å²) in [5.74, 6) is 1.37. The van der Waals surface area contributed by atoms with Gasteiger partial charge >= 0.3 is 0 Å². The molecule has 3 aromatic rings. The lowest BCUT2D eigenvalue weighted by Crippen LogP contribution is -2.38. The van der Waals surface area contributed by atoms with Crippen LogP contribution in [0.3, 0.4) is 0 Å². The molecule has 3 heterocycles. The molecule has 7 nitrogen and oxygen atoms in total. The van der Waals surface area contributed by atoms with Crippen LogP contribution >= 0.6 is 11.3 Å². The highest BCUT2D eigenvalue weighted by molar-refractivity contribution is 7.19. The predicted octanol–water partition coefficient (Wildman–Crippen LogP) is 3.71. The highest BCUT2D eigenvalue weighted by Gasteiger charge is 2.26. The molecule has 2 aliphatic rings. The van der Waals surface area contributed by atoms with Gasteiger partial charge in [-0.15, -0.1) is 11.3 Å². The smallest absolute Gasteiger partial charge is 0.227 e. The van der Waals surface area contributed by atoms with Crippen molar-refractivity contribution in [2.24, 2.45) is 5.92 Å². The third-order valence-electron chi connectivity index (χ3n) is 6.37. The number of aromatic nitrogens is 2. The van der Waals surface area contributed by atoms with Gasteiger partial charge in [0.1, 0.15) is 22.2 Å². The van der Waals surface area contributed by atoms with Gasteiger partial charge in [-0.1, -0.05) is 12.1 Å². The first-order valence-corrected chi connectivity index (χ1v) is 11.8. The Labute approximate surface area is 185 Å². The monoisotopic (exact) mass is 437 g/mol.